The molecule has 0 saturated heterocycles. The summed E-state index contributed by atoms with van der Waals surface area (Å²) >= 11 is 0. The third kappa shape index (κ3) is 4.97. The number of nitrogens with zero attached hydrogens (tertiary/aromatic N) is 1. The number of amides is 1. The van der Waals surface area contributed by atoms with E-state index >= 15 is 0 Å². The van der Waals surface area contributed by atoms with Crippen molar-refractivity contribution in [3.63, 3.8) is 0 Å². The van der Waals surface area contributed by atoms with Crippen LogP contribution in [0.3, 0.4) is 0 Å². The van der Waals surface area contributed by atoms with Gasteiger partial charge in [-0.15, -0.1) is 0 Å². The van der Waals surface area contributed by atoms with Crippen LogP contribution in [0.2, 0.25) is 0 Å². The summed E-state index contributed by atoms with van der Waals surface area (Å²) in [4.78, 5) is 24.0. The second kappa shape index (κ2) is 8.53. The zero-order valence-corrected chi connectivity index (χ0v) is 16.3. The number of hydrogen-bond acceptors (Lipinski definition) is 5. The average molecular weight is 382 g/mol. The molecule has 0 aliphatic carbocycles. The van der Waals surface area contributed by atoms with Crippen molar-refractivity contribution >= 4 is 27.6 Å². The van der Waals surface area contributed by atoms with Gasteiger partial charge in [-0.2, -0.15) is 0 Å². The Morgan fingerprint density at radius 1 is 1.27 bits per heavy atom. The van der Waals surface area contributed by atoms with Gasteiger partial charge in [-0.1, -0.05) is 13.8 Å². The van der Waals surface area contributed by atoms with Crippen LogP contribution in [0.1, 0.15) is 49.0 Å². The van der Waals surface area contributed by atoms with E-state index in [0.29, 0.717) is 30.6 Å². The van der Waals surface area contributed by atoms with E-state index in [2.05, 4.69) is 5.32 Å². The van der Waals surface area contributed by atoms with Gasteiger partial charge in [-0.3, -0.25) is 9.10 Å². The Morgan fingerprint density at radius 3 is 2.58 bits per heavy atom. The molecule has 0 atom stereocenters. The molecule has 0 bridgehead atoms. The summed E-state index contributed by atoms with van der Waals surface area (Å²) in [6, 6.07) is 4.88. The number of sulfonamides is 1. The fourth-order valence-electron chi connectivity index (χ4n) is 3.01. The van der Waals surface area contributed by atoms with E-state index < -0.39 is 16.0 Å². The van der Waals surface area contributed by atoms with Crippen molar-refractivity contribution in [3.8, 4) is 0 Å². The maximum Gasteiger partial charge on any atom is 0.338 e. The second-order valence-corrected chi connectivity index (χ2v) is 8.35. The summed E-state index contributed by atoms with van der Waals surface area (Å²) in [5.41, 5.74) is 1.70. The third-order valence-corrected chi connectivity index (χ3v) is 5.66. The zero-order chi connectivity index (χ0) is 19.3. The molecule has 144 valence electrons. The number of esters is 1. The normalized spacial score (nSPS) is 14.1. The molecular formula is C18H26N2O5S. The third-order valence-electron chi connectivity index (χ3n) is 4.48. The van der Waals surface area contributed by atoms with Crippen LogP contribution < -0.4 is 9.62 Å². The minimum atomic E-state index is -3.35. The van der Waals surface area contributed by atoms with Gasteiger partial charge in [0.15, 0.2) is 6.61 Å². The Hall–Kier alpha value is -2.09. The van der Waals surface area contributed by atoms with Crippen molar-refractivity contribution in [1.29, 1.82) is 0 Å². The van der Waals surface area contributed by atoms with Crippen molar-refractivity contribution in [1.82, 2.24) is 5.32 Å². The van der Waals surface area contributed by atoms with Crippen LogP contribution in [-0.4, -0.2) is 45.7 Å². The van der Waals surface area contributed by atoms with E-state index in [1.54, 1.807) is 12.1 Å². The molecule has 0 fully saturated rings. The van der Waals surface area contributed by atoms with Gasteiger partial charge in [0.2, 0.25) is 10.0 Å². The molecule has 1 aromatic rings. The molecule has 26 heavy (non-hydrogen) atoms. The topological polar surface area (TPSA) is 92.8 Å². The molecular weight excluding hydrogens is 356 g/mol. The Kier molecular flexibility index (Phi) is 6.63. The molecule has 0 saturated carbocycles. The smallest absolute Gasteiger partial charge is 0.338 e. The Labute approximate surface area is 154 Å². The maximum atomic E-state index is 12.2. The number of aryl methyl sites for hydroxylation is 1. The molecule has 1 aliphatic rings. The maximum absolute atomic E-state index is 12.2. The quantitative estimate of drug-likeness (QED) is 0.727. The van der Waals surface area contributed by atoms with Gasteiger partial charge in [-0.05, 0) is 49.4 Å². The van der Waals surface area contributed by atoms with E-state index in [9.17, 15) is 18.0 Å². The molecule has 7 nitrogen and oxygen atoms in total. The van der Waals surface area contributed by atoms with Crippen LogP contribution in [0.25, 0.3) is 0 Å². The van der Waals surface area contributed by atoms with Crippen LogP contribution >= 0.6 is 0 Å². The van der Waals surface area contributed by atoms with Crippen LogP contribution in [0.4, 0.5) is 5.69 Å². The second-order valence-electron chi connectivity index (χ2n) is 6.44. The molecule has 1 N–H and O–H groups in total. The van der Waals surface area contributed by atoms with Crippen molar-refractivity contribution in [2.45, 2.75) is 45.6 Å². The fourth-order valence-corrected chi connectivity index (χ4v) is 4.01. The summed E-state index contributed by atoms with van der Waals surface area (Å²) in [7, 11) is -3.35. The number of ether oxygens (including phenoxy) is 1. The number of rotatable bonds is 7. The van der Waals surface area contributed by atoms with E-state index in [1.807, 2.05) is 13.8 Å². The predicted octanol–water partition coefficient (Wildman–Crippen LogP) is 1.86. The van der Waals surface area contributed by atoms with Crippen molar-refractivity contribution in [2.75, 3.05) is 23.7 Å². The van der Waals surface area contributed by atoms with E-state index in [0.717, 1.165) is 18.4 Å². The first-order chi connectivity index (χ1) is 12.3. The molecule has 0 spiro atoms. The lowest BCUT2D eigenvalue weighted by Gasteiger charge is -2.29. The van der Waals surface area contributed by atoms with Crippen molar-refractivity contribution < 1.29 is 22.7 Å². The summed E-state index contributed by atoms with van der Waals surface area (Å²) in [5.74, 6) is -0.919. The highest BCUT2D eigenvalue weighted by molar-refractivity contribution is 7.92. The molecule has 0 unspecified atom stereocenters. The lowest BCUT2D eigenvalue weighted by Crippen LogP contribution is -2.37. The number of carbonyl (C=O) groups is 2. The number of anilines is 1. The van der Waals surface area contributed by atoms with Gasteiger partial charge in [0.1, 0.15) is 0 Å². The first-order valence-corrected chi connectivity index (χ1v) is 10.7. The summed E-state index contributed by atoms with van der Waals surface area (Å²) in [6.07, 6.45) is 4.19. The number of fused-ring (bicyclic) bond motifs is 1. The predicted molar refractivity (Wildman–Crippen MR) is 99.7 cm³/mol. The number of benzene rings is 1. The van der Waals surface area contributed by atoms with Gasteiger partial charge in [-0.25, -0.2) is 13.2 Å². The van der Waals surface area contributed by atoms with Crippen LogP contribution in [0.5, 0.6) is 0 Å². The van der Waals surface area contributed by atoms with Gasteiger partial charge < -0.3 is 10.1 Å². The number of nitrogens with one attached hydrogen (secondary N) is 1. The standard InChI is InChI=1S/C18H26N2O5S/c1-4-15(5-2)19-17(21)12-25-18(22)14-8-9-16-13(11-14)7-6-10-20(16)26(3,23)24/h8-9,11,15H,4-7,10,12H2,1-3H3,(H,19,21). The summed E-state index contributed by atoms with van der Waals surface area (Å²) < 4.78 is 30.2. The van der Waals surface area contributed by atoms with Crippen LogP contribution in [0.15, 0.2) is 18.2 Å². The van der Waals surface area contributed by atoms with E-state index in [-0.39, 0.29) is 18.6 Å². The first-order valence-electron chi connectivity index (χ1n) is 8.83. The summed E-state index contributed by atoms with van der Waals surface area (Å²) in [6.45, 7) is 4.06. The highest BCUT2D eigenvalue weighted by Gasteiger charge is 2.25. The van der Waals surface area contributed by atoms with Gasteiger partial charge in [0, 0.05) is 12.6 Å². The zero-order valence-electron chi connectivity index (χ0n) is 15.4. The van der Waals surface area contributed by atoms with Crippen LogP contribution in [-0.2, 0) is 26.0 Å². The van der Waals surface area contributed by atoms with Crippen molar-refractivity contribution in [2.24, 2.45) is 0 Å². The number of carbonyl (C=O) groups excluding carboxylic acids is 2. The molecule has 1 aromatic carbocycles. The van der Waals surface area contributed by atoms with Gasteiger partial charge in [0.05, 0.1) is 17.5 Å². The van der Waals surface area contributed by atoms with Gasteiger partial charge >= 0.3 is 5.97 Å². The lowest BCUT2D eigenvalue weighted by atomic mass is 10.0. The molecule has 0 aromatic heterocycles. The Balaban J connectivity index is 2.04. The first kappa shape index (κ1) is 20.2. The number of hydrogen-bond donors (Lipinski definition) is 1. The SMILES string of the molecule is CCC(CC)NC(=O)COC(=O)c1ccc2c(c1)CCCN2S(C)(=O)=O. The molecule has 2 rings (SSSR count). The fraction of sp³-hybridized carbons (Fsp3) is 0.556. The lowest BCUT2D eigenvalue weighted by molar-refractivity contribution is -0.125. The minimum absolute atomic E-state index is 0.0759. The van der Waals surface area contributed by atoms with E-state index in [4.69, 9.17) is 4.74 Å². The minimum Gasteiger partial charge on any atom is -0.452 e. The largest absolute Gasteiger partial charge is 0.452 e. The summed E-state index contributed by atoms with van der Waals surface area (Å²) in [5, 5.41) is 2.81. The molecule has 1 aliphatic heterocycles. The average Bonchev–Trinajstić information content (AvgIpc) is 2.62. The Morgan fingerprint density at radius 2 is 1.96 bits per heavy atom. The van der Waals surface area contributed by atoms with E-state index in [1.165, 1.54) is 16.6 Å². The molecule has 0 radical (unpaired) electrons. The highest BCUT2D eigenvalue weighted by atomic mass is 32.2. The molecule has 1 amide bonds. The highest BCUT2D eigenvalue weighted by Crippen LogP contribution is 2.30. The monoisotopic (exact) mass is 382 g/mol. The van der Waals surface area contributed by atoms with Gasteiger partial charge in [0.25, 0.3) is 5.91 Å². The Bertz CT molecular complexity index is 772. The molecule has 8 heteroatoms. The molecule has 1 heterocycles. The van der Waals surface area contributed by atoms with Crippen LogP contribution in [0, 0.1) is 0 Å². The van der Waals surface area contributed by atoms with Crippen molar-refractivity contribution in [3.05, 3.63) is 29.3 Å².